The highest BCUT2D eigenvalue weighted by molar-refractivity contribution is 5.83. The van der Waals surface area contributed by atoms with Crippen molar-refractivity contribution in [3.05, 3.63) is 0 Å². The smallest absolute Gasteiger partial charge is 0.237 e. The van der Waals surface area contributed by atoms with Crippen LogP contribution in [0.3, 0.4) is 0 Å². The molecule has 1 amide bonds. The highest BCUT2D eigenvalue weighted by atomic mass is 16.5. The van der Waals surface area contributed by atoms with Gasteiger partial charge in [-0.1, -0.05) is 0 Å². The van der Waals surface area contributed by atoms with Crippen LogP contribution >= 0.6 is 0 Å². The van der Waals surface area contributed by atoms with Gasteiger partial charge in [0.25, 0.3) is 0 Å². The van der Waals surface area contributed by atoms with Crippen molar-refractivity contribution >= 4 is 5.91 Å². The van der Waals surface area contributed by atoms with Gasteiger partial charge in [0.1, 0.15) is 0 Å². The SMILES string of the molecule is COC(C)(C)CCOCCC(C)(N)C(N)=O. The third kappa shape index (κ3) is 6.05. The molecule has 0 spiro atoms. The molecule has 0 fully saturated rings. The Balaban J connectivity index is 3.66. The predicted molar refractivity (Wildman–Crippen MR) is 62.9 cm³/mol. The molecule has 4 N–H and O–H groups in total. The number of ether oxygens (including phenoxy) is 2. The number of rotatable bonds is 8. The Morgan fingerprint density at radius 2 is 1.69 bits per heavy atom. The number of hydrogen-bond acceptors (Lipinski definition) is 4. The van der Waals surface area contributed by atoms with Crippen molar-refractivity contribution in [2.45, 2.75) is 44.8 Å². The van der Waals surface area contributed by atoms with E-state index >= 15 is 0 Å². The topological polar surface area (TPSA) is 87.6 Å². The van der Waals surface area contributed by atoms with Gasteiger partial charge in [-0.05, 0) is 33.6 Å². The van der Waals surface area contributed by atoms with Crippen molar-refractivity contribution in [2.75, 3.05) is 20.3 Å². The van der Waals surface area contributed by atoms with Gasteiger partial charge in [-0.15, -0.1) is 0 Å². The standard InChI is InChI=1S/C11H24N2O3/c1-10(2,15-4)5-7-16-8-6-11(3,13)9(12)14/h5-8,13H2,1-4H3,(H2,12,14). The van der Waals surface area contributed by atoms with Crippen LogP contribution in [0.15, 0.2) is 0 Å². The first kappa shape index (κ1) is 15.3. The molecule has 0 aromatic rings. The van der Waals surface area contributed by atoms with Crippen molar-refractivity contribution in [2.24, 2.45) is 11.5 Å². The van der Waals surface area contributed by atoms with Gasteiger partial charge in [-0.3, -0.25) is 4.79 Å². The number of hydrogen-bond donors (Lipinski definition) is 2. The Kier molecular flexibility index (Phi) is 5.92. The minimum Gasteiger partial charge on any atom is -0.381 e. The molecule has 5 nitrogen and oxygen atoms in total. The minimum absolute atomic E-state index is 0.185. The molecule has 0 heterocycles. The Hall–Kier alpha value is -0.650. The molecule has 96 valence electrons. The van der Waals surface area contributed by atoms with E-state index in [1.807, 2.05) is 13.8 Å². The van der Waals surface area contributed by atoms with Crippen molar-refractivity contribution in [1.82, 2.24) is 0 Å². The van der Waals surface area contributed by atoms with Gasteiger partial charge in [-0.2, -0.15) is 0 Å². The summed E-state index contributed by atoms with van der Waals surface area (Å²) in [6, 6.07) is 0. The largest absolute Gasteiger partial charge is 0.381 e. The third-order valence-electron chi connectivity index (χ3n) is 2.73. The van der Waals surface area contributed by atoms with Gasteiger partial charge < -0.3 is 20.9 Å². The maximum absolute atomic E-state index is 10.9. The van der Waals surface area contributed by atoms with E-state index in [4.69, 9.17) is 20.9 Å². The molecule has 0 rings (SSSR count). The summed E-state index contributed by atoms with van der Waals surface area (Å²) >= 11 is 0. The van der Waals surface area contributed by atoms with Gasteiger partial charge in [0.2, 0.25) is 5.91 Å². The van der Waals surface area contributed by atoms with Crippen molar-refractivity contribution in [3.63, 3.8) is 0 Å². The molecule has 0 aliphatic rings. The maximum atomic E-state index is 10.9. The number of methoxy groups -OCH3 is 1. The highest BCUT2D eigenvalue weighted by Gasteiger charge is 2.25. The summed E-state index contributed by atoms with van der Waals surface area (Å²) in [6.07, 6.45) is 1.22. The van der Waals surface area contributed by atoms with Crippen LogP contribution in [0.4, 0.5) is 0 Å². The third-order valence-corrected chi connectivity index (χ3v) is 2.73. The van der Waals surface area contributed by atoms with Crippen LogP contribution in [-0.4, -0.2) is 37.4 Å². The van der Waals surface area contributed by atoms with Gasteiger partial charge in [-0.25, -0.2) is 0 Å². The van der Waals surface area contributed by atoms with Crippen LogP contribution in [0.1, 0.15) is 33.6 Å². The molecule has 0 radical (unpaired) electrons. The Bertz CT molecular complexity index is 227. The van der Waals surface area contributed by atoms with Crippen LogP contribution in [0, 0.1) is 0 Å². The molecule has 0 aliphatic carbocycles. The lowest BCUT2D eigenvalue weighted by molar-refractivity contribution is -0.123. The minimum atomic E-state index is -0.989. The fourth-order valence-corrected chi connectivity index (χ4v) is 0.929. The van der Waals surface area contributed by atoms with Crippen molar-refractivity contribution < 1.29 is 14.3 Å². The van der Waals surface area contributed by atoms with E-state index < -0.39 is 11.4 Å². The monoisotopic (exact) mass is 232 g/mol. The van der Waals surface area contributed by atoms with Crippen molar-refractivity contribution in [3.8, 4) is 0 Å². The Morgan fingerprint density at radius 1 is 1.19 bits per heavy atom. The molecule has 1 atom stereocenters. The zero-order valence-corrected chi connectivity index (χ0v) is 10.7. The summed E-state index contributed by atoms with van der Waals surface area (Å²) < 4.78 is 10.6. The molecule has 5 heteroatoms. The molecule has 0 aliphatic heterocycles. The quantitative estimate of drug-likeness (QED) is 0.593. The summed E-state index contributed by atoms with van der Waals surface area (Å²) in [5.74, 6) is -0.506. The molecular weight excluding hydrogens is 208 g/mol. The Morgan fingerprint density at radius 3 is 2.12 bits per heavy atom. The van der Waals surface area contributed by atoms with Gasteiger partial charge in [0, 0.05) is 20.3 Å². The zero-order chi connectivity index (χ0) is 12.8. The van der Waals surface area contributed by atoms with E-state index in [1.165, 1.54) is 0 Å². The lowest BCUT2D eigenvalue weighted by atomic mass is 9.99. The van der Waals surface area contributed by atoms with E-state index in [1.54, 1.807) is 14.0 Å². The van der Waals surface area contributed by atoms with E-state index in [0.29, 0.717) is 19.6 Å². The number of amides is 1. The van der Waals surface area contributed by atoms with Crippen LogP contribution in [0.2, 0.25) is 0 Å². The average molecular weight is 232 g/mol. The number of carbonyl (C=O) groups is 1. The molecule has 0 saturated carbocycles. The molecular formula is C11H24N2O3. The Labute approximate surface area is 97.5 Å². The van der Waals surface area contributed by atoms with Gasteiger partial charge in [0.05, 0.1) is 11.1 Å². The molecule has 0 saturated heterocycles. The predicted octanol–water partition coefficient (Wildman–Crippen LogP) is 0.411. The molecule has 0 aromatic heterocycles. The van der Waals surface area contributed by atoms with E-state index in [2.05, 4.69) is 0 Å². The first-order valence-electron chi connectivity index (χ1n) is 5.43. The highest BCUT2D eigenvalue weighted by Crippen LogP contribution is 2.13. The summed E-state index contributed by atoms with van der Waals surface area (Å²) in [7, 11) is 1.67. The molecule has 1 unspecified atom stereocenters. The second kappa shape index (κ2) is 6.18. The zero-order valence-electron chi connectivity index (χ0n) is 10.7. The van der Waals surface area contributed by atoms with Crippen LogP contribution in [-0.2, 0) is 14.3 Å². The summed E-state index contributed by atoms with van der Waals surface area (Å²) in [5, 5.41) is 0. The first-order chi connectivity index (χ1) is 7.21. The van der Waals surface area contributed by atoms with Crippen molar-refractivity contribution in [1.29, 1.82) is 0 Å². The van der Waals surface area contributed by atoms with E-state index in [9.17, 15) is 4.79 Å². The molecule has 16 heavy (non-hydrogen) atoms. The number of nitrogens with two attached hydrogens (primary N) is 2. The van der Waals surface area contributed by atoms with Gasteiger partial charge >= 0.3 is 0 Å². The molecule has 0 bridgehead atoms. The molecule has 0 aromatic carbocycles. The maximum Gasteiger partial charge on any atom is 0.237 e. The van der Waals surface area contributed by atoms with Crippen LogP contribution in [0.25, 0.3) is 0 Å². The summed E-state index contributed by atoms with van der Waals surface area (Å²) in [5.41, 5.74) is 9.64. The number of primary amides is 1. The fraction of sp³-hybridized carbons (Fsp3) is 0.909. The second-order valence-corrected chi connectivity index (χ2v) is 4.86. The fourth-order valence-electron chi connectivity index (χ4n) is 0.929. The van der Waals surface area contributed by atoms with Gasteiger partial charge in [0.15, 0.2) is 0 Å². The normalized spacial score (nSPS) is 15.8. The number of carbonyl (C=O) groups excluding carboxylic acids is 1. The van der Waals surface area contributed by atoms with E-state index in [0.717, 1.165) is 6.42 Å². The van der Waals surface area contributed by atoms with Crippen LogP contribution in [0.5, 0.6) is 0 Å². The van der Waals surface area contributed by atoms with Crippen LogP contribution < -0.4 is 11.5 Å². The lowest BCUT2D eigenvalue weighted by Crippen LogP contribution is -2.50. The average Bonchev–Trinajstić information content (AvgIpc) is 2.16. The summed E-state index contributed by atoms with van der Waals surface area (Å²) in [6.45, 7) is 6.60. The van der Waals surface area contributed by atoms with E-state index in [-0.39, 0.29) is 5.60 Å². The first-order valence-corrected chi connectivity index (χ1v) is 5.43. The second-order valence-electron chi connectivity index (χ2n) is 4.86. The summed E-state index contributed by atoms with van der Waals surface area (Å²) in [4.78, 5) is 10.9. The lowest BCUT2D eigenvalue weighted by Gasteiger charge is -2.23.